The minimum atomic E-state index is 0.569. The van der Waals surface area contributed by atoms with Crippen LogP contribution in [0.1, 0.15) is 30.0 Å². The van der Waals surface area contributed by atoms with Crippen LogP contribution in [-0.4, -0.2) is 38.2 Å². The van der Waals surface area contributed by atoms with Gasteiger partial charge in [-0.05, 0) is 56.1 Å². The summed E-state index contributed by atoms with van der Waals surface area (Å²) in [5.74, 6) is 0.985. The van der Waals surface area contributed by atoms with Gasteiger partial charge in [-0.3, -0.25) is 4.90 Å². The zero-order valence-electron chi connectivity index (χ0n) is 11.3. The van der Waals surface area contributed by atoms with E-state index in [0.717, 1.165) is 18.8 Å². The lowest BCUT2D eigenvalue weighted by Gasteiger charge is -2.30. The van der Waals surface area contributed by atoms with E-state index in [1.165, 1.54) is 30.4 Å². The van der Waals surface area contributed by atoms with Gasteiger partial charge in [0, 0.05) is 18.6 Å². The number of hydrogen-bond acceptors (Lipinski definition) is 3. The molecule has 2 aliphatic rings. The van der Waals surface area contributed by atoms with Crippen LogP contribution < -0.4 is 10.1 Å². The van der Waals surface area contributed by atoms with Gasteiger partial charge in [0.05, 0.1) is 7.11 Å². The molecule has 3 nitrogen and oxygen atoms in total. The van der Waals surface area contributed by atoms with Gasteiger partial charge in [0.2, 0.25) is 0 Å². The van der Waals surface area contributed by atoms with Crippen molar-refractivity contribution in [3.05, 3.63) is 29.3 Å². The standard InChI is InChI=1S/C15H22N2O/c1-17(12-7-8-16-10-12)15-6-4-11-3-5-13(18-2)9-14(11)15/h3,5,9,12,15-16H,4,6-8,10H2,1-2H3. The van der Waals surface area contributed by atoms with Crippen molar-refractivity contribution in [3.63, 3.8) is 0 Å². The smallest absolute Gasteiger partial charge is 0.119 e. The first-order chi connectivity index (χ1) is 8.79. The van der Waals surface area contributed by atoms with Gasteiger partial charge in [-0.2, -0.15) is 0 Å². The first-order valence-corrected chi connectivity index (χ1v) is 6.89. The van der Waals surface area contributed by atoms with Crippen LogP contribution in [0.15, 0.2) is 18.2 Å². The molecule has 1 aliphatic heterocycles. The zero-order valence-corrected chi connectivity index (χ0v) is 11.3. The minimum Gasteiger partial charge on any atom is -0.497 e. The molecule has 3 rings (SSSR count). The molecule has 0 radical (unpaired) electrons. The van der Waals surface area contributed by atoms with E-state index in [1.54, 1.807) is 7.11 Å². The van der Waals surface area contributed by atoms with E-state index in [9.17, 15) is 0 Å². The maximum Gasteiger partial charge on any atom is 0.119 e. The van der Waals surface area contributed by atoms with Crippen molar-refractivity contribution < 1.29 is 4.74 Å². The predicted octanol–water partition coefficient (Wildman–Crippen LogP) is 1.98. The van der Waals surface area contributed by atoms with E-state index in [4.69, 9.17) is 4.74 Å². The van der Waals surface area contributed by atoms with E-state index in [1.807, 2.05) is 0 Å². The zero-order chi connectivity index (χ0) is 12.5. The highest BCUT2D eigenvalue weighted by Gasteiger charge is 2.31. The van der Waals surface area contributed by atoms with E-state index < -0.39 is 0 Å². The topological polar surface area (TPSA) is 24.5 Å². The predicted molar refractivity (Wildman–Crippen MR) is 73.1 cm³/mol. The van der Waals surface area contributed by atoms with Crippen molar-refractivity contribution in [2.24, 2.45) is 0 Å². The first-order valence-electron chi connectivity index (χ1n) is 6.89. The Morgan fingerprint density at radius 2 is 2.22 bits per heavy atom. The fourth-order valence-electron chi connectivity index (χ4n) is 3.35. The fourth-order valence-corrected chi connectivity index (χ4v) is 3.35. The molecule has 3 heteroatoms. The molecule has 1 aromatic rings. The molecule has 1 heterocycles. The number of fused-ring (bicyclic) bond motifs is 1. The third kappa shape index (κ3) is 2.02. The van der Waals surface area contributed by atoms with Crippen LogP contribution in [0.4, 0.5) is 0 Å². The van der Waals surface area contributed by atoms with Gasteiger partial charge in [-0.25, -0.2) is 0 Å². The van der Waals surface area contributed by atoms with E-state index in [2.05, 4.69) is 35.5 Å². The summed E-state index contributed by atoms with van der Waals surface area (Å²) in [7, 11) is 4.02. The lowest BCUT2D eigenvalue weighted by Crippen LogP contribution is -2.35. The molecule has 1 N–H and O–H groups in total. The van der Waals surface area contributed by atoms with E-state index >= 15 is 0 Å². The summed E-state index contributed by atoms with van der Waals surface area (Å²) in [6.07, 6.45) is 3.72. The molecule has 2 atom stereocenters. The normalized spacial score (nSPS) is 26.6. The molecule has 1 saturated heterocycles. The summed E-state index contributed by atoms with van der Waals surface area (Å²) in [4.78, 5) is 2.56. The quantitative estimate of drug-likeness (QED) is 0.882. The van der Waals surface area contributed by atoms with E-state index in [-0.39, 0.29) is 0 Å². The molecule has 0 bridgehead atoms. The highest BCUT2D eigenvalue weighted by atomic mass is 16.5. The Morgan fingerprint density at radius 1 is 1.33 bits per heavy atom. The molecule has 1 aromatic carbocycles. The number of ether oxygens (including phenoxy) is 1. The fraction of sp³-hybridized carbons (Fsp3) is 0.600. The third-order valence-corrected chi connectivity index (χ3v) is 4.50. The Morgan fingerprint density at radius 3 is 2.94 bits per heavy atom. The monoisotopic (exact) mass is 246 g/mol. The van der Waals surface area contributed by atoms with Crippen LogP contribution in [-0.2, 0) is 6.42 Å². The highest BCUT2D eigenvalue weighted by molar-refractivity contribution is 5.40. The van der Waals surface area contributed by atoms with Gasteiger partial charge >= 0.3 is 0 Å². The van der Waals surface area contributed by atoms with Crippen molar-refractivity contribution in [2.75, 3.05) is 27.2 Å². The molecule has 18 heavy (non-hydrogen) atoms. The molecule has 0 spiro atoms. The second kappa shape index (κ2) is 4.90. The maximum absolute atomic E-state index is 5.36. The molecule has 1 fully saturated rings. The van der Waals surface area contributed by atoms with Crippen LogP contribution in [0, 0.1) is 0 Å². The number of methoxy groups -OCH3 is 1. The summed E-state index contributed by atoms with van der Waals surface area (Å²) in [5, 5.41) is 3.46. The number of nitrogens with zero attached hydrogens (tertiary/aromatic N) is 1. The van der Waals surface area contributed by atoms with Crippen molar-refractivity contribution in [1.29, 1.82) is 0 Å². The number of benzene rings is 1. The molecule has 0 amide bonds. The Hall–Kier alpha value is -1.06. The van der Waals surface area contributed by atoms with Crippen LogP contribution in [0.3, 0.4) is 0 Å². The average molecular weight is 246 g/mol. The number of hydrogen-bond donors (Lipinski definition) is 1. The van der Waals surface area contributed by atoms with Crippen LogP contribution in [0.2, 0.25) is 0 Å². The molecule has 0 saturated carbocycles. The van der Waals surface area contributed by atoms with Crippen LogP contribution in [0.25, 0.3) is 0 Å². The maximum atomic E-state index is 5.36. The molecular weight excluding hydrogens is 224 g/mol. The summed E-state index contributed by atoms with van der Waals surface area (Å²) in [6.45, 7) is 2.29. The highest BCUT2D eigenvalue weighted by Crippen LogP contribution is 2.38. The number of likely N-dealkylation sites (N-methyl/N-ethyl adjacent to an activating group) is 1. The summed E-state index contributed by atoms with van der Waals surface area (Å²) >= 11 is 0. The largest absolute Gasteiger partial charge is 0.497 e. The average Bonchev–Trinajstić information content (AvgIpc) is 3.06. The molecule has 0 aromatic heterocycles. The Bertz CT molecular complexity index is 427. The van der Waals surface area contributed by atoms with Gasteiger partial charge in [0.25, 0.3) is 0 Å². The van der Waals surface area contributed by atoms with Crippen molar-refractivity contribution in [1.82, 2.24) is 10.2 Å². The number of rotatable bonds is 3. The first kappa shape index (κ1) is 12.0. The Kier molecular flexibility index (Phi) is 3.27. The van der Waals surface area contributed by atoms with Crippen molar-refractivity contribution in [2.45, 2.75) is 31.3 Å². The van der Waals surface area contributed by atoms with Gasteiger partial charge in [-0.1, -0.05) is 6.07 Å². The van der Waals surface area contributed by atoms with Crippen molar-refractivity contribution in [3.8, 4) is 5.75 Å². The number of nitrogens with one attached hydrogen (secondary N) is 1. The van der Waals surface area contributed by atoms with Gasteiger partial charge in [0.1, 0.15) is 5.75 Å². The molecule has 2 unspecified atom stereocenters. The van der Waals surface area contributed by atoms with E-state index in [0.29, 0.717) is 12.1 Å². The Balaban J connectivity index is 1.84. The minimum absolute atomic E-state index is 0.569. The summed E-state index contributed by atoms with van der Waals surface area (Å²) in [5.41, 5.74) is 2.97. The third-order valence-electron chi connectivity index (χ3n) is 4.50. The van der Waals surface area contributed by atoms with Gasteiger partial charge < -0.3 is 10.1 Å². The summed E-state index contributed by atoms with van der Waals surface area (Å²) in [6, 6.07) is 7.80. The van der Waals surface area contributed by atoms with Crippen LogP contribution >= 0.6 is 0 Å². The van der Waals surface area contributed by atoms with Gasteiger partial charge in [0.15, 0.2) is 0 Å². The molecular formula is C15H22N2O. The second-order valence-electron chi connectivity index (χ2n) is 5.43. The lowest BCUT2D eigenvalue weighted by molar-refractivity contribution is 0.183. The van der Waals surface area contributed by atoms with Gasteiger partial charge in [-0.15, -0.1) is 0 Å². The van der Waals surface area contributed by atoms with Crippen LogP contribution in [0.5, 0.6) is 5.75 Å². The SMILES string of the molecule is COc1ccc2c(c1)C(N(C)C1CCNC1)CC2. The second-order valence-corrected chi connectivity index (χ2v) is 5.43. The lowest BCUT2D eigenvalue weighted by atomic mass is 10.0. The molecule has 98 valence electrons. The Labute approximate surface area is 109 Å². The summed E-state index contributed by atoms with van der Waals surface area (Å²) < 4.78 is 5.36. The molecule has 1 aliphatic carbocycles. The number of aryl methyl sites for hydroxylation is 1. The van der Waals surface area contributed by atoms with Crippen molar-refractivity contribution >= 4 is 0 Å².